The van der Waals surface area contributed by atoms with Gasteiger partial charge < -0.3 is 9.64 Å². The summed E-state index contributed by atoms with van der Waals surface area (Å²) < 4.78 is 33.9. The fourth-order valence-corrected chi connectivity index (χ4v) is 4.57. The first-order valence-corrected chi connectivity index (χ1v) is 10.9. The highest BCUT2D eigenvalue weighted by Crippen LogP contribution is 2.30. The third kappa shape index (κ3) is 4.36. The lowest BCUT2D eigenvalue weighted by Gasteiger charge is -2.18. The number of anilines is 1. The smallest absolute Gasteiger partial charge is 0.240 e. The van der Waals surface area contributed by atoms with Crippen molar-refractivity contribution >= 4 is 21.6 Å². The van der Waals surface area contributed by atoms with Gasteiger partial charge in [0.1, 0.15) is 12.4 Å². The third-order valence-electron chi connectivity index (χ3n) is 4.80. The Bertz CT molecular complexity index is 972. The molecule has 28 heavy (non-hydrogen) atoms. The van der Waals surface area contributed by atoms with Crippen LogP contribution in [-0.2, 0) is 21.2 Å². The Labute approximate surface area is 166 Å². The maximum absolute atomic E-state index is 12.7. The van der Waals surface area contributed by atoms with Gasteiger partial charge >= 0.3 is 0 Å². The minimum Gasteiger partial charge on any atom is -0.492 e. The van der Waals surface area contributed by atoms with E-state index in [2.05, 4.69) is 4.72 Å². The molecule has 0 radical (unpaired) electrons. The van der Waals surface area contributed by atoms with E-state index in [9.17, 15) is 13.2 Å². The quantitative estimate of drug-likeness (QED) is 0.772. The molecule has 1 aliphatic rings. The van der Waals surface area contributed by atoms with Crippen LogP contribution in [0.15, 0.2) is 47.4 Å². The van der Waals surface area contributed by atoms with Crippen molar-refractivity contribution in [2.75, 3.05) is 18.1 Å². The number of nitrogens with zero attached hydrogens (tertiary/aromatic N) is 1. The number of hydrogen-bond donors (Lipinski definition) is 1. The van der Waals surface area contributed by atoms with Gasteiger partial charge in [0.2, 0.25) is 15.9 Å². The molecule has 0 saturated heterocycles. The van der Waals surface area contributed by atoms with Crippen molar-refractivity contribution in [3.05, 3.63) is 53.6 Å². The molecule has 3 rings (SSSR count). The number of ether oxygens (including phenoxy) is 1. The molecule has 1 atom stereocenters. The topological polar surface area (TPSA) is 75.7 Å². The number of carbonyl (C=O) groups is 1. The Morgan fingerprint density at radius 2 is 2.00 bits per heavy atom. The lowest BCUT2D eigenvalue weighted by molar-refractivity contribution is -0.118. The second-order valence-electron chi connectivity index (χ2n) is 7.04. The number of para-hydroxylation sites is 1. The number of rotatable bonds is 7. The summed E-state index contributed by atoms with van der Waals surface area (Å²) in [4.78, 5) is 13.9. The zero-order chi connectivity index (χ0) is 20.3. The standard InChI is InChI=1S/C21H26N2O4S/c1-4-21(24)23-12-11-17-13-18(9-10-19(17)23)28(25,26)22-16(3)14-27-20-8-6-5-7-15(20)2/h5-10,13,16,22H,4,11-12,14H2,1-3H3/t16-/m0/s1. The summed E-state index contributed by atoms with van der Waals surface area (Å²) in [6.07, 6.45) is 1.09. The minimum absolute atomic E-state index is 0.0504. The summed E-state index contributed by atoms with van der Waals surface area (Å²) in [7, 11) is -3.67. The summed E-state index contributed by atoms with van der Waals surface area (Å²) in [5, 5.41) is 0. The fraction of sp³-hybridized carbons (Fsp3) is 0.381. The van der Waals surface area contributed by atoms with Crippen molar-refractivity contribution in [1.29, 1.82) is 0 Å². The molecule has 6 nitrogen and oxygen atoms in total. The third-order valence-corrected chi connectivity index (χ3v) is 6.39. The average molecular weight is 403 g/mol. The van der Waals surface area contributed by atoms with Crippen molar-refractivity contribution in [2.24, 2.45) is 0 Å². The lowest BCUT2D eigenvalue weighted by Crippen LogP contribution is -2.36. The van der Waals surface area contributed by atoms with Gasteiger partial charge in [-0.05, 0) is 55.7 Å². The molecule has 1 amide bonds. The van der Waals surface area contributed by atoms with Crippen LogP contribution < -0.4 is 14.4 Å². The van der Waals surface area contributed by atoms with Crippen LogP contribution in [0, 0.1) is 6.92 Å². The molecule has 150 valence electrons. The summed E-state index contributed by atoms with van der Waals surface area (Å²) in [5.41, 5.74) is 2.69. The molecule has 0 saturated carbocycles. The molecule has 0 aromatic heterocycles. The van der Waals surface area contributed by atoms with E-state index in [-0.39, 0.29) is 17.4 Å². The SMILES string of the molecule is CCC(=O)N1CCc2cc(S(=O)(=O)N[C@@H](C)COc3ccccc3C)ccc21. The fourth-order valence-electron chi connectivity index (χ4n) is 3.30. The molecule has 0 unspecified atom stereocenters. The van der Waals surface area contributed by atoms with E-state index in [1.165, 1.54) is 0 Å². The first kappa shape index (κ1) is 20.4. The van der Waals surface area contributed by atoms with Crippen LogP contribution in [0.2, 0.25) is 0 Å². The number of sulfonamides is 1. The maximum atomic E-state index is 12.7. The van der Waals surface area contributed by atoms with Gasteiger partial charge in [-0.3, -0.25) is 4.79 Å². The van der Waals surface area contributed by atoms with Gasteiger partial charge in [0, 0.05) is 18.7 Å². The van der Waals surface area contributed by atoms with E-state index < -0.39 is 16.1 Å². The van der Waals surface area contributed by atoms with Gasteiger partial charge in [-0.2, -0.15) is 0 Å². The minimum atomic E-state index is -3.67. The Morgan fingerprint density at radius 3 is 2.71 bits per heavy atom. The van der Waals surface area contributed by atoms with Crippen molar-refractivity contribution in [3.8, 4) is 5.75 Å². The molecule has 1 aliphatic heterocycles. The molecule has 1 heterocycles. The molecule has 0 aliphatic carbocycles. The van der Waals surface area contributed by atoms with Gasteiger partial charge in [-0.15, -0.1) is 0 Å². The summed E-state index contributed by atoms with van der Waals surface area (Å²) in [6, 6.07) is 12.2. The summed E-state index contributed by atoms with van der Waals surface area (Å²) in [5.74, 6) is 0.793. The monoisotopic (exact) mass is 402 g/mol. The maximum Gasteiger partial charge on any atom is 0.240 e. The Kier molecular flexibility index (Phi) is 6.05. The Hall–Kier alpha value is -2.38. The van der Waals surface area contributed by atoms with Crippen LogP contribution in [0.25, 0.3) is 0 Å². The number of benzene rings is 2. The number of nitrogens with one attached hydrogen (secondary N) is 1. The van der Waals surface area contributed by atoms with Crippen LogP contribution in [0.4, 0.5) is 5.69 Å². The molecular formula is C21H26N2O4S. The summed E-state index contributed by atoms with van der Waals surface area (Å²) in [6.45, 7) is 6.36. The van der Waals surface area contributed by atoms with E-state index in [0.29, 0.717) is 19.4 Å². The van der Waals surface area contributed by atoms with Gasteiger partial charge in [-0.1, -0.05) is 25.1 Å². The van der Waals surface area contributed by atoms with Gasteiger partial charge in [-0.25, -0.2) is 13.1 Å². The molecule has 2 aromatic carbocycles. The second-order valence-corrected chi connectivity index (χ2v) is 8.75. The van der Waals surface area contributed by atoms with Crippen LogP contribution in [0.1, 0.15) is 31.4 Å². The van der Waals surface area contributed by atoms with Crippen molar-refractivity contribution in [2.45, 2.75) is 44.6 Å². The normalized spacial score (nSPS) is 14.6. The second kappa shape index (κ2) is 8.32. The molecule has 7 heteroatoms. The average Bonchev–Trinajstić information content (AvgIpc) is 3.09. The van der Waals surface area contributed by atoms with Crippen LogP contribution >= 0.6 is 0 Å². The lowest BCUT2D eigenvalue weighted by atomic mass is 10.2. The van der Waals surface area contributed by atoms with E-state index in [1.54, 1.807) is 30.0 Å². The van der Waals surface area contributed by atoms with Crippen LogP contribution in [-0.4, -0.2) is 33.5 Å². The zero-order valence-corrected chi connectivity index (χ0v) is 17.3. The molecular weight excluding hydrogens is 376 g/mol. The first-order chi connectivity index (χ1) is 13.3. The van der Waals surface area contributed by atoms with E-state index in [0.717, 1.165) is 22.6 Å². The molecule has 2 aromatic rings. The predicted molar refractivity (Wildman–Crippen MR) is 109 cm³/mol. The number of amides is 1. The first-order valence-electron chi connectivity index (χ1n) is 9.46. The van der Waals surface area contributed by atoms with Crippen molar-refractivity contribution in [3.63, 3.8) is 0 Å². The van der Waals surface area contributed by atoms with Gasteiger partial charge in [0.25, 0.3) is 0 Å². The van der Waals surface area contributed by atoms with Gasteiger partial charge in [0.15, 0.2) is 0 Å². The van der Waals surface area contributed by atoms with E-state index >= 15 is 0 Å². The molecule has 0 spiro atoms. The van der Waals surface area contributed by atoms with Gasteiger partial charge in [0.05, 0.1) is 10.9 Å². The number of carbonyl (C=O) groups excluding carboxylic acids is 1. The van der Waals surface area contributed by atoms with Crippen LogP contribution in [0.3, 0.4) is 0 Å². The van der Waals surface area contributed by atoms with E-state index in [4.69, 9.17) is 4.74 Å². The number of fused-ring (bicyclic) bond motifs is 1. The Balaban J connectivity index is 1.68. The van der Waals surface area contributed by atoms with E-state index in [1.807, 2.05) is 38.1 Å². The molecule has 0 bridgehead atoms. The van der Waals surface area contributed by atoms with Crippen molar-refractivity contribution in [1.82, 2.24) is 4.72 Å². The Morgan fingerprint density at radius 1 is 1.25 bits per heavy atom. The highest BCUT2D eigenvalue weighted by Gasteiger charge is 2.26. The molecule has 1 N–H and O–H groups in total. The highest BCUT2D eigenvalue weighted by molar-refractivity contribution is 7.89. The van der Waals surface area contributed by atoms with Crippen LogP contribution in [0.5, 0.6) is 5.75 Å². The van der Waals surface area contributed by atoms with Crippen molar-refractivity contribution < 1.29 is 17.9 Å². The number of hydrogen-bond acceptors (Lipinski definition) is 4. The predicted octanol–water partition coefficient (Wildman–Crippen LogP) is 3.04. The summed E-state index contributed by atoms with van der Waals surface area (Å²) >= 11 is 0. The molecule has 0 fully saturated rings. The number of aryl methyl sites for hydroxylation is 1. The largest absolute Gasteiger partial charge is 0.492 e. The highest BCUT2D eigenvalue weighted by atomic mass is 32.2. The zero-order valence-electron chi connectivity index (χ0n) is 16.4.